The van der Waals surface area contributed by atoms with Gasteiger partial charge in [-0.1, -0.05) is 108 Å². The van der Waals surface area contributed by atoms with Gasteiger partial charge in [0.1, 0.15) is 82.9 Å². The number of nitrogens with one attached hydrogen (secondary N) is 6. The van der Waals surface area contributed by atoms with Crippen LogP contribution in [0.15, 0.2) is 148 Å². The van der Waals surface area contributed by atoms with Gasteiger partial charge in [-0.25, -0.2) is 0 Å². The van der Waals surface area contributed by atoms with Crippen molar-refractivity contribution in [3.8, 4) is 0 Å². The lowest BCUT2D eigenvalue weighted by Crippen LogP contribution is -2.49. The number of halogens is 4. The van der Waals surface area contributed by atoms with E-state index in [4.69, 9.17) is 44.8 Å². The summed E-state index contributed by atoms with van der Waals surface area (Å²) in [5, 5.41) is 77.6. The number of carbonyl (C=O) groups is 6. The molecule has 41 heteroatoms. The van der Waals surface area contributed by atoms with E-state index in [1.807, 2.05) is 6.92 Å². The second-order valence-corrected chi connectivity index (χ2v) is 68.2. The van der Waals surface area contributed by atoms with Gasteiger partial charge in [-0.2, -0.15) is 0 Å². The van der Waals surface area contributed by atoms with Gasteiger partial charge in [0.15, 0.2) is 18.7 Å². The third kappa shape index (κ3) is 30.5. The van der Waals surface area contributed by atoms with E-state index in [0.29, 0.717) is 41.5 Å². The van der Waals surface area contributed by atoms with Crippen molar-refractivity contribution in [1.29, 1.82) is 0 Å². The molecule has 13 aliphatic heterocycles. The summed E-state index contributed by atoms with van der Waals surface area (Å²) in [5.41, 5.74) is -0.681. The van der Waals surface area contributed by atoms with Crippen molar-refractivity contribution in [3.05, 3.63) is 148 Å². The lowest BCUT2D eigenvalue weighted by Gasteiger charge is -2.38. The largest absolute Gasteiger partial charge is 0.390 e. The van der Waals surface area contributed by atoms with Crippen LogP contribution in [-0.2, 0) is 61.9 Å². The molecule has 0 radical (unpaired) electrons. The second-order valence-electron chi connectivity index (χ2n) is 37.8. The highest BCUT2D eigenvalue weighted by Crippen LogP contribution is 2.50. The molecule has 13 rings (SSSR count). The summed E-state index contributed by atoms with van der Waals surface area (Å²) in [6, 6.07) is 0. The number of nitrogens with zero attached hydrogens (tertiary/aromatic N) is 6. The lowest BCUT2D eigenvalue weighted by atomic mass is 9.96. The average Bonchev–Trinajstić information content (AvgIpc) is 1.58. The molecule has 6 unspecified atom stereocenters. The molecule has 7 saturated heterocycles. The molecule has 0 saturated carbocycles. The average molecular weight is 2200 g/mol. The molecule has 0 aromatic carbocycles. The monoisotopic (exact) mass is 2190 g/mol. The zero-order valence-electron chi connectivity index (χ0n) is 75.3. The maximum Gasteiger partial charge on any atom is 0.250 e. The minimum atomic E-state index is -1.20. The SMILES string of the molecule is C=C1NC(=O)C=CN1[C@@H]1O[C@@]2(CCP(=C)(C)C)COC1[C@@H]2O.C=C1NC(=O)C=CN1[C@@H]1O[C@H](CCP(=C)(C)C)[C@@H](O)C1Br.C=C1NC(=O)C=CN1[C@@H]1O[C@H](CCP(=C)(C)C)[C@@H](O)C1C.C=C1NC(=O)C=CN1[C@@H]1O[C@H](CCP(=C)(C)C)[C@@H](O)C1Cl.C=C1NC(=O)C=CN1[C@@H]1O[C@H](CCP(=C)(C)C)[C@@H](O)C1I.C=C1NC(=O)C=CN1[C@@H]1O[C@H](CCP(=C)(C)C)[C@@H](O)C1I. The summed E-state index contributed by atoms with van der Waals surface area (Å²) in [6.07, 6.45) is 46.4. The van der Waals surface area contributed by atoms with Gasteiger partial charge in [0, 0.05) is 79.6 Å². The number of aliphatic hydroxyl groups excluding tert-OH is 6. The molecule has 12 N–H and O–H groups in total. The van der Waals surface area contributed by atoms with Crippen LogP contribution >= 0.6 is 114 Å². The first-order valence-electron chi connectivity index (χ1n) is 41.7. The Morgan fingerprint density at radius 3 is 0.961 bits per heavy atom. The van der Waals surface area contributed by atoms with Gasteiger partial charge in [0.05, 0.1) is 74.2 Å². The van der Waals surface area contributed by atoms with Gasteiger partial charge in [0.2, 0.25) is 0 Å². The summed E-state index contributed by atoms with van der Waals surface area (Å²) in [7, 11) is 0. The van der Waals surface area contributed by atoms with E-state index in [-0.39, 0.29) is 109 Å². The van der Waals surface area contributed by atoms with E-state index in [2.05, 4.69) is 250 Å². The van der Waals surface area contributed by atoms with Crippen molar-refractivity contribution >= 4 is 187 Å². The third-order valence-electron chi connectivity index (χ3n) is 22.5. The Morgan fingerprint density at radius 2 is 0.646 bits per heavy atom. The molecule has 7 fully saturated rings. The maximum absolute atomic E-state index is 11.3. The number of hydrogen-bond acceptors (Lipinski definition) is 25. The molecular weight excluding hydrogens is 2060 g/mol. The standard InChI is InChI=1S/C15H23N2O4P.C15H25N2O3P.C14H22BrN2O3P.C14H22ClN2O3P.2C14H22IN2O3P/c1-10-16-11(18)5-7-17(10)14-12-13(19)15(21-14,9-20-12)6-8-22(2,3)4;1-10-14(19)12(7-9-21(3,4)5)20-15(10)17-8-6-13(18)16-11(17)2;4*1-9-16-11(18)5-7-17(9)14-12(15)13(19)10(20-14)6-8-21(2,3)4/h5,7,12-14,19H,1-2,6,8-9H2,3-4H3,(H,16,18);6,8,10,12,14-15,19H,2-3,7,9H2,1,4-5H3,(H,16,18);4*5,7,10,12-14,19H,1-2,6,8H2,3-4H3,(H,16,18)/t12?,13-,14+,15-;10?,12-,14+,15-;4*10-,12?,13-,14-/m011111/s1. The Labute approximate surface area is 792 Å². The molecule has 0 aromatic heterocycles. The first-order valence-corrected chi connectivity index (χ1v) is 63.9. The maximum atomic E-state index is 11.3. The van der Waals surface area contributed by atoms with Gasteiger partial charge in [-0.05, 0) is 155 Å². The van der Waals surface area contributed by atoms with Crippen molar-refractivity contribution in [2.45, 2.75) is 180 Å². The number of ether oxygens (including phenoxy) is 7. The quantitative estimate of drug-likeness (QED) is 0.0265. The van der Waals surface area contributed by atoms with Crippen LogP contribution in [0.3, 0.4) is 0 Å². The Bertz CT molecular complexity index is 4090. The minimum absolute atomic E-state index is 0.0577. The van der Waals surface area contributed by atoms with Gasteiger partial charge >= 0.3 is 0 Å². The van der Waals surface area contributed by atoms with Gasteiger partial charge in [0.25, 0.3) is 35.4 Å². The molecular formula is C86H136BrClI2N12O19P6. The Morgan fingerprint density at radius 1 is 0.394 bits per heavy atom. The molecule has 13 heterocycles. The van der Waals surface area contributed by atoms with E-state index in [1.54, 1.807) is 66.6 Å². The fraction of sp³-hybridized carbons (Fsp3) is 0.581. The van der Waals surface area contributed by atoms with Crippen molar-refractivity contribution in [1.82, 2.24) is 61.3 Å². The molecule has 127 heavy (non-hydrogen) atoms. The van der Waals surface area contributed by atoms with Gasteiger partial charge in [-0.3, -0.25) is 28.8 Å². The van der Waals surface area contributed by atoms with Crippen molar-refractivity contribution in [2.24, 2.45) is 5.92 Å². The molecule has 6 amide bonds. The van der Waals surface area contributed by atoms with Crippen LogP contribution in [0, 0.1) is 5.92 Å². The fourth-order valence-electron chi connectivity index (χ4n) is 15.2. The van der Waals surface area contributed by atoms with Crippen LogP contribution < -0.4 is 31.9 Å². The number of amides is 6. The lowest BCUT2D eigenvalue weighted by molar-refractivity contribution is -0.182. The number of carbonyl (C=O) groups excluding carboxylic acids is 6. The Hall–Kier alpha value is -3.99. The molecule has 0 spiro atoms. The third-order valence-corrected chi connectivity index (χ3v) is 35.5. The zero-order chi connectivity index (χ0) is 95.0. The summed E-state index contributed by atoms with van der Waals surface area (Å²) >= 11 is 14.2. The molecule has 24 atom stereocenters. The van der Waals surface area contributed by atoms with Crippen molar-refractivity contribution in [2.75, 3.05) is 124 Å². The summed E-state index contributed by atoms with van der Waals surface area (Å²) in [5.74, 6) is 1.43. The van der Waals surface area contributed by atoms with Crippen LogP contribution in [0.25, 0.3) is 0 Å². The van der Waals surface area contributed by atoms with E-state index < -0.39 is 107 Å². The topological polar surface area (TPSA) is 380 Å². The number of aliphatic hydroxyl groups is 6. The predicted octanol–water partition coefficient (Wildman–Crippen LogP) is 6.91. The highest BCUT2D eigenvalue weighted by Gasteiger charge is 2.63. The summed E-state index contributed by atoms with van der Waals surface area (Å²) < 4.78 is 41.7. The van der Waals surface area contributed by atoms with Crippen LogP contribution in [0.1, 0.15) is 45.4 Å². The number of alkyl halides is 4. The molecule has 31 nitrogen and oxygen atoms in total. The molecule has 712 valence electrons. The van der Waals surface area contributed by atoms with Gasteiger partial charge < -0.3 is 125 Å². The van der Waals surface area contributed by atoms with Crippen LogP contribution in [0.5, 0.6) is 0 Å². The van der Waals surface area contributed by atoms with Crippen LogP contribution in [0.2, 0.25) is 0 Å². The Kier molecular flexibility index (Phi) is 38.5. The van der Waals surface area contributed by atoms with Crippen LogP contribution in [-0.4, -0.2) is 391 Å². The smallest absolute Gasteiger partial charge is 0.250 e. The zero-order valence-corrected chi connectivity index (χ0v) is 87.3. The van der Waals surface area contributed by atoms with Gasteiger partial charge in [-0.15, -0.1) is 90.7 Å². The number of fused-ring (bicyclic) bond motifs is 2. The number of hydrogen-bond donors (Lipinski definition) is 12. The fourth-order valence-corrected chi connectivity index (χ4v) is 24.0. The first-order chi connectivity index (χ1) is 58.7. The van der Waals surface area contributed by atoms with Crippen molar-refractivity contribution < 1.29 is 92.6 Å². The molecule has 13 aliphatic rings. The predicted molar refractivity (Wildman–Crippen MR) is 546 cm³/mol. The highest BCUT2D eigenvalue weighted by molar-refractivity contribution is 14.1. The Balaban J connectivity index is 0.000000189. The second kappa shape index (κ2) is 45.1. The summed E-state index contributed by atoms with van der Waals surface area (Å²) in [6.45, 7) is 44.4. The molecule has 0 aromatic rings. The van der Waals surface area contributed by atoms with Crippen molar-refractivity contribution in [3.63, 3.8) is 0 Å². The van der Waals surface area contributed by atoms with E-state index in [9.17, 15) is 59.4 Å². The van der Waals surface area contributed by atoms with E-state index in [1.165, 1.54) is 36.5 Å². The minimum Gasteiger partial charge on any atom is -0.390 e. The molecule has 2 bridgehead atoms. The van der Waals surface area contributed by atoms with Crippen LogP contribution in [0.4, 0.5) is 0 Å². The normalized spacial score (nSPS) is 34.2. The first kappa shape index (κ1) is 108. The number of rotatable bonds is 24. The molecule has 0 aliphatic carbocycles. The summed E-state index contributed by atoms with van der Waals surface area (Å²) in [4.78, 5) is 77.8. The van der Waals surface area contributed by atoms with E-state index >= 15 is 0 Å². The highest BCUT2D eigenvalue weighted by atomic mass is 127. The van der Waals surface area contributed by atoms with E-state index in [0.717, 1.165) is 75.5 Å².